The van der Waals surface area contributed by atoms with Gasteiger partial charge in [-0.3, -0.25) is 9.59 Å². The van der Waals surface area contributed by atoms with Crippen LogP contribution in [0.5, 0.6) is 0 Å². The number of carbonyl (C=O) groups is 1. The highest BCUT2D eigenvalue weighted by molar-refractivity contribution is 6.33. The van der Waals surface area contributed by atoms with E-state index < -0.39 is 17.3 Å². The fourth-order valence-corrected chi connectivity index (χ4v) is 2.86. The molecule has 2 aromatic carbocycles. The Kier molecular flexibility index (Phi) is 4.58. The van der Waals surface area contributed by atoms with E-state index in [0.29, 0.717) is 0 Å². The van der Waals surface area contributed by atoms with Crippen molar-refractivity contribution in [3.63, 3.8) is 0 Å². The van der Waals surface area contributed by atoms with Gasteiger partial charge in [0, 0.05) is 0 Å². The van der Waals surface area contributed by atoms with Crippen LogP contribution in [0.15, 0.2) is 59.5 Å². The number of nitrogens with zero attached hydrogens (tertiary/aromatic N) is 5. The largest absolute Gasteiger partial charge is 0.323 e. The first-order chi connectivity index (χ1) is 13.5. The van der Waals surface area contributed by atoms with Crippen molar-refractivity contribution in [3.05, 3.63) is 75.9 Å². The molecule has 0 bridgehead atoms. The molecule has 0 aliphatic rings. The van der Waals surface area contributed by atoms with Crippen molar-refractivity contribution in [1.29, 1.82) is 0 Å². The highest BCUT2D eigenvalue weighted by atomic mass is 35.5. The van der Waals surface area contributed by atoms with E-state index in [0.717, 1.165) is 22.5 Å². The van der Waals surface area contributed by atoms with Gasteiger partial charge in [0.2, 0.25) is 5.91 Å². The van der Waals surface area contributed by atoms with Gasteiger partial charge in [-0.25, -0.2) is 13.8 Å². The number of fused-ring (bicyclic) bond motifs is 1. The quantitative estimate of drug-likeness (QED) is 0.569. The van der Waals surface area contributed by atoms with Crippen LogP contribution >= 0.6 is 11.6 Å². The van der Waals surface area contributed by atoms with E-state index in [1.54, 1.807) is 0 Å². The minimum atomic E-state index is -0.556. The summed E-state index contributed by atoms with van der Waals surface area (Å²) in [7, 11) is 0. The molecule has 1 N–H and O–H groups in total. The summed E-state index contributed by atoms with van der Waals surface area (Å²) in [5.41, 5.74) is 0.738. The first-order valence-corrected chi connectivity index (χ1v) is 8.52. The maximum atomic E-state index is 13.1. The summed E-state index contributed by atoms with van der Waals surface area (Å²) in [6.45, 7) is -0.383. The zero-order valence-electron chi connectivity index (χ0n) is 14.2. The maximum Gasteiger partial charge on any atom is 0.281 e. The zero-order chi connectivity index (χ0) is 19.7. The summed E-state index contributed by atoms with van der Waals surface area (Å²) in [5.74, 6) is -1.08. The summed E-state index contributed by atoms with van der Waals surface area (Å²) >= 11 is 5.88. The van der Waals surface area contributed by atoms with Crippen molar-refractivity contribution in [3.8, 4) is 5.69 Å². The lowest BCUT2D eigenvalue weighted by Gasteiger charge is -2.08. The normalized spacial score (nSPS) is 10.9. The molecule has 0 atom stereocenters. The van der Waals surface area contributed by atoms with Crippen LogP contribution < -0.4 is 10.9 Å². The predicted molar refractivity (Wildman–Crippen MR) is 101 cm³/mol. The summed E-state index contributed by atoms with van der Waals surface area (Å²) in [6.07, 6.45) is 1.38. The molecule has 2 heterocycles. The van der Waals surface area contributed by atoms with Crippen LogP contribution in [0.4, 0.5) is 10.1 Å². The van der Waals surface area contributed by atoms with Crippen molar-refractivity contribution in [2.24, 2.45) is 0 Å². The molecule has 0 aliphatic carbocycles. The van der Waals surface area contributed by atoms with Crippen LogP contribution in [0.2, 0.25) is 5.02 Å². The molecule has 0 radical (unpaired) electrons. The molecule has 28 heavy (non-hydrogen) atoms. The van der Waals surface area contributed by atoms with Gasteiger partial charge in [0.05, 0.1) is 22.6 Å². The number of anilines is 1. The van der Waals surface area contributed by atoms with E-state index >= 15 is 0 Å². The van der Waals surface area contributed by atoms with Crippen molar-refractivity contribution in [1.82, 2.24) is 24.8 Å². The second-order valence-electron chi connectivity index (χ2n) is 5.85. The molecule has 4 aromatic rings. The number of hydrogen-bond donors (Lipinski definition) is 1. The Morgan fingerprint density at radius 2 is 1.96 bits per heavy atom. The molecule has 0 fully saturated rings. The van der Waals surface area contributed by atoms with Crippen LogP contribution in [0.3, 0.4) is 0 Å². The number of halogens is 2. The average Bonchev–Trinajstić information content (AvgIpc) is 3.12. The van der Waals surface area contributed by atoms with E-state index in [4.69, 9.17) is 11.6 Å². The van der Waals surface area contributed by atoms with Crippen LogP contribution in [-0.2, 0) is 11.3 Å². The third-order valence-electron chi connectivity index (χ3n) is 3.96. The maximum absolute atomic E-state index is 13.1. The molecular weight excluding hydrogens is 387 g/mol. The lowest BCUT2D eigenvalue weighted by molar-refractivity contribution is -0.117. The van der Waals surface area contributed by atoms with E-state index in [1.165, 1.54) is 16.9 Å². The Balaban J connectivity index is 1.60. The molecule has 1 amide bonds. The minimum absolute atomic E-state index is 0.0476. The molecule has 0 aliphatic heterocycles. The monoisotopic (exact) mass is 398 g/mol. The summed E-state index contributed by atoms with van der Waals surface area (Å²) < 4.78 is 15.5. The number of aromatic nitrogens is 5. The van der Waals surface area contributed by atoms with Gasteiger partial charge in [-0.15, -0.1) is 5.10 Å². The van der Waals surface area contributed by atoms with Gasteiger partial charge in [0.25, 0.3) is 5.56 Å². The van der Waals surface area contributed by atoms with Gasteiger partial charge in [-0.05, 0) is 30.3 Å². The van der Waals surface area contributed by atoms with E-state index in [9.17, 15) is 14.0 Å². The van der Waals surface area contributed by atoms with Crippen molar-refractivity contribution < 1.29 is 9.18 Å². The Morgan fingerprint density at radius 1 is 1.18 bits per heavy atom. The van der Waals surface area contributed by atoms with Gasteiger partial charge in [-0.2, -0.15) is 5.10 Å². The molecule has 8 nitrogen and oxygen atoms in total. The second-order valence-corrected chi connectivity index (χ2v) is 6.26. The Hall–Kier alpha value is -3.59. The predicted octanol–water partition coefficient (Wildman–Crippen LogP) is 2.41. The first kappa shape index (κ1) is 17.8. The van der Waals surface area contributed by atoms with Crippen LogP contribution in [-0.4, -0.2) is 30.7 Å². The Bertz CT molecular complexity index is 1240. The van der Waals surface area contributed by atoms with E-state index in [-0.39, 0.29) is 28.3 Å². The molecular formula is C18H12ClFN6O2. The Labute approximate surface area is 162 Å². The first-order valence-electron chi connectivity index (χ1n) is 8.15. The molecule has 0 spiro atoms. The number of benzene rings is 2. The molecule has 0 saturated heterocycles. The minimum Gasteiger partial charge on any atom is -0.323 e. The summed E-state index contributed by atoms with van der Waals surface area (Å²) in [6, 6.07) is 12.7. The van der Waals surface area contributed by atoms with E-state index in [1.807, 2.05) is 30.3 Å². The van der Waals surface area contributed by atoms with Gasteiger partial charge in [-0.1, -0.05) is 35.0 Å². The molecule has 0 unspecified atom stereocenters. The molecule has 140 valence electrons. The standard InChI is InChI=1S/C18H12ClFN6O2/c19-14-8-11(20)6-7-15(14)22-16(27)10-25-18(28)13-9-21-26(17(13)23-24-25)12-4-2-1-3-5-12/h1-9H,10H2,(H,22,27). The number of amides is 1. The summed E-state index contributed by atoms with van der Waals surface area (Å²) in [4.78, 5) is 24.8. The van der Waals surface area contributed by atoms with Crippen molar-refractivity contribution in [2.75, 3.05) is 5.32 Å². The highest BCUT2D eigenvalue weighted by Gasteiger charge is 2.15. The topological polar surface area (TPSA) is 94.7 Å². The number of para-hydroxylation sites is 1. The van der Waals surface area contributed by atoms with Gasteiger partial charge >= 0.3 is 0 Å². The Morgan fingerprint density at radius 3 is 2.71 bits per heavy atom. The second kappa shape index (κ2) is 7.20. The van der Waals surface area contributed by atoms with Crippen LogP contribution in [0, 0.1) is 5.82 Å². The van der Waals surface area contributed by atoms with Crippen molar-refractivity contribution >= 4 is 34.2 Å². The van der Waals surface area contributed by atoms with E-state index in [2.05, 4.69) is 20.7 Å². The summed E-state index contributed by atoms with van der Waals surface area (Å²) in [5, 5.41) is 14.8. The highest BCUT2D eigenvalue weighted by Crippen LogP contribution is 2.22. The lowest BCUT2D eigenvalue weighted by Crippen LogP contribution is -2.30. The fourth-order valence-electron chi connectivity index (χ4n) is 2.64. The van der Waals surface area contributed by atoms with Crippen LogP contribution in [0.1, 0.15) is 0 Å². The third kappa shape index (κ3) is 3.35. The molecule has 0 saturated carbocycles. The lowest BCUT2D eigenvalue weighted by atomic mass is 10.3. The number of carbonyl (C=O) groups excluding carboxylic acids is 1. The van der Waals surface area contributed by atoms with Gasteiger partial charge in [0.1, 0.15) is 17.7 Å². The van der Waals surface area contributed by atoms with Gasteiger partial charge < -0.3 is 5.32 Å². The number of rotatable bonds is 4. The third-order valence-corrected chi connectivity index (χ3v) is 4.27. The van der Waals surface area contributed by atoms with Crippen LogP contribution in [0.25, 0.3) is 16.7 Å². The molecule has 4 rings (SSSR count). The molecule has 2 aromatic heterocycles. The van der Waals surface area contributed by atoms with Crippen molar-refractivity contribution in [2.45, 2.75) is 6.54 Å². The number of nitrogens with one attached hydrogen (secondary N) is 1. The fraction of sp³-hybridized carbons (Fsp3) is 0.0556. The number of hydrogen-bond acceptors (Lipinski definition) is 5. The molecule has 10 heteroatoms. The average molecular weight is 399 g/mol. The van der Waals surface area contributed by atoms with Gasteiger partial charge in [0.15, 0.2) is 5.65 Å². The smallest absolute Gasteiger partial charge is 0.281 e. The zero-order valence-corrected chi connectivity index (χ0v) is 15.0. The SMILES string of the molecule is O=C(Cn1nnc2c(cnn2-c2ccccc2)c1=O)Nc1ccc(F)cc1Cl.